The molecule has 0 aromatic heterocycles. The highest BCUT2D eigenvalue weighted by atomic mass is 16.6. The lowest BCUT2D eigenvalue weighted by Crippen LogP contribution is -2.51. The Labute approximate surface area is 158 Å². The molecule has 2 aromatic rings. The van der Waals surface area contributed by atoms with Crippen molar-refractivity contribution in [1.29, 1.82) is 0 Å². The zero-order valence-corrected chi connectivity index (χ0v) is 15.3. The third kappa shape index (κ3) is 3.42. The second kappa shape index (κ2) is 7.29. The van der Waals surface area contributed by atoms with E-state index in [0.717, 1.165) is 37.1 Å². The van der Waals surface area contributed by atoms with Gasteiger partial charge in [-0.3, -0.25) is 15.0 Å². The average molecular weight is 367 g/mol. The van der Waals surface area contributed by atoms with Gasteiger partial charge in [0.1, 0.15) is 5.69 Å². The van der Waals surface area contributed by atoms with E-state index in [1.807, 2.05) is 6.07 Å². The topological polar surface area (TPSA) is 92.6 Å². The van der Waals surface area contributed by atoms with E-state index in [-0.39, 0.29) is 17.4 Å². The fourth-order valence-corrected chi connectivity index (χ4v) is 4.66. The standard InChI is InChI=1S/C21H25N3O3/c22-21-17-13-19(20(25)12-16(17)6-7-18(21)24(26)27)23-10-8-15(9-11-23)14-4-2-1-3-5-14/h1-7,15,19-20,25H,8-13,22H2/t19-,20-/m1/s1. The van der Waals surface area contributed by atoms with Gasteiger partial charge in [-0.25, -0.2) is 0 Å². The quantitative estimate of drug-likeness (QED) is 0.494. The number of anilines is 1. The number of benzene rings is 2. The minimum absolute atomic E-state index is 0.0291. The molecule has 1 heterocycles. The van der Waals surface area contributed by atoms with Crippen LogP contribution in [0.5, 0.6) is 0 Å². The fraction of sp³-hybridized carbons (Fsp3) is 0.429. The van der Waals surface area contributed by atoms with Crippen molar-refractivity contribution < 1.29 is 10.0 Å². The molecule has 1 fully saturated rings. The third-order valence-electron chi connectivity index (χ3n) is 6.18. The molecule has 1 aliphatic carbocycles. The second-order valence-corrected chi connectivity index (χ2v) is 7.66. The van der Waals surface area contributed by atoms with E-state index in [1.165, 1.54) is 11.6 Å². The van der Waals surface area contributed by atoms with Crippen LogP contribution in [0.1, 0.15) is 35.4 Å². The molecule has 6 heteroatoms. The molecule has 0 radical (unpaired) electrons. The van der Waals surface area contributed by atoms with Gasteiger partial charge in [-0.15, -0.1) is 0 Å². The molecule has 0 unspecified atom stereocenters. The van der Waals surface area contributed by atoms with Gasteiger partial charge >= 0.3 is 0 Å². The number of hydrogen-bond donors (Lipinski definition) is 2. The number of nitrogen functional groups attached to an aromatic ring is 1. The lowest BCUT2D eigenvalue weighted by molar-refractivity contribution is -0.384. The van der Waals surface area contributed by atoms with Crippen LogP contribution >= 0.6 is 0 Å². The zero-order chi connectivity index (χ0) is 19.0. The molecule has 0 spiro atoms. The number of fused-ring (bicyclic) bond motifs is 1. The molecule has 0 amide bonds. The predicted octanol–water partition coefficient (Wildman–Crippen LogP) is 2.88. The monoisotopic (exact) mass is 367 g/mol. The molecule has 0 bridgehead atoms. The van der Waals surface area contributed by atoms with Crippen LogP contribution in [0.2, 0.25) is 0 Å². The van der Waals surface area contributed by atoms with Crippen molar-refractivity contribution >= 4 is 11.4 Å². The molecule has 6 nitrogen and oxygen atoms in total. The van der Waals surface area contributed by atoms with E-state index >= 15 is 0 Å². The number of nitrogens with zero attached hydrogens (tertiary/aromatic N) is 2. The number of aliphatic hydroxyl groups excluding tert-OH is 1. The molecule has 3 N–H and O–H groups in total. The van der Waals surface area contributed by atoms with E-state index in [2.05, 4.69) is 29.2 Å². The van der Waals surface area contributed by atoms with Gasteiger partial charge in [-0.1, -0.05) is 36.4 Å². The predicted molar refractivity (Wildman–Crippen MR) is 105 cm³/mol. The zero-order valence-electron chi connectivity index (χ0n) is 15.3. The number of rotatable bonds is 3. The van der Waals surface area contributed by atoms with Crippen LogP contribution in [-0.2, 0) is 12.8 Å². The van der Waals surface area contributed by atoms with Gasteiger partial charge in [0.05, 0.1) is 11.0 Å². The summed E-state index contributed by atoms with van der Waals surface area (Å²) < 4.78 is 0. The summed E-state index contributed by atoms with van der Waals surface area (Å²) in [7, 11) is 0. The largest absolute Gasteiger partial charge is 0.393 e. The van der Waals surface area contributed by atoms with Crippen LogP contribution in [-0.4, -0.2) is 40.2 Å². The fourth-order valence-electron chi connectivity index (χ4n) is 4.66. The highest BCUT2D eigenvalue weighted by molar-refractivity contribution is 5.66. The van der Waals surface area contributed by atoms with Gasteiger partial charge in [-0.2, -0.15) is 0 Å². The normalized spacial score (nSPS) is 23.7. The van der Waals surface area contributed by atoms with Crippen LogP contribution in [0, 0.1) is 10.1 Å². The highest BCUT2D eigenvalue weighted by Gasteiger charge is 2.36. The number of aliphatic hydroxyl groups is 1. The summed E-state index contributed by atoms with van der Waals surface area (Å²) in [6.07, 6.45) is 2.72. The molecule has 2 aromatic carbocycles. The number of nitro benzene ring substituents is 1. The summed E-state index contributed by atoms with van der Waals surface area (Å²) in [4.78, 5) is 13.1. The van der Waals surface area contributed by atoms with Gasteiger partial charge in [0.2, 0.25) is 0 Å². The van der Waals surface area contributed by atoms with Gasteiger partial charge in [0, 0.05) is 18.5 Å². The van der Waals surface area contributed by atoms with Crippen LogP contribution < -0.4 is 5.73 Å². The molecule has 2 atom stereocenters. The number of nitro groups is 1. The van der Waals surface area contributed by atoms with Gasteiger partial charge < -0.3 is 10.8 Å². The molecule has 1 aliphatic heterocycles. The Kier molecular flexibility index (Phi) is 4.85. The maximum Gasteiger partial charge on any atom is 0.292 e. The Balaban J connectivity index is 1.49. The lowest BCUT2D eigenvalue weighted by atomic mass is 9.82. The first kappa shape index (κ1) is 17.9. The van der Waals surface area contributed by atoms with Crippen molar-refractivity contribution in [2.24, 2.45) is 0 Å². The van der Waals surface area contributed by atoms with Crippen LogP contribution in [0.4, 0.5) is 11.4 Å². The van der Waals surface area contributed by atoms with Crippen molar-refractivity contribution in [3.05, 3.63) is 69.3 Å². The van der Waals surface area contributed by atoms with Gasteiger partial charge in [0.15, 0.2) is 0 Å². The summed E-state index contributed by atoms with van der Waals surface area (Å²) in [5.74, 6) is 0.557. The first-order valence-corrected chi connectivity index (χ1v) is 9.56. The van der Waals surface area contributed by atoms with E-state index < -0.39 is 11.0 Å². The Morgan fingerprint density at radius 3 is 2.44 bits per heavy atom. The summed E-state index contributed by atoms with van der Waals surface area (Å²) in [5.41, 5.74) is 9.47. The number of piperidine rings is 1. The van der Waals surface area contributed by atoms with E-state index in [1.54, 1.807) is 6.07 Å². The van der Waals surface area contributed by atoms with Crippen LogP contribution in [0.3, 0.4) is 0 Å². The molecule has 27 heavy (non-hydrogen) atoms. The van der Waals surface area contributed by atoms with Gasteiger partial charge in [0.25, 0.3) is 5.69 Å². The molecule has 1 saturated heterocycles. The molecule has 4 rings (SSSR count). The SMILES string of the molecule is Nc1c([N+](=O)[O-])ccc2c1C[C@@H](N1CCC(c3ccccc3)CC1)[C@H](O)C2. The highest BCUT2D eigenvalue weighted by Crippen LogP contribution is 2.36. The smallest absolute Gasteiger partial charge is 0.292 e. The summed E-state index contributed by atoms with van der Waals surface area (Å²) in [5, 5.41) is 21.9. The van der Waals surface area contributed by atoms with Crippen molar-refractivity contribution in [3.63, 3.8) is 0 Å². The summed E-state index contributed by atoms with van der Waals surface area (Å²) >= 11 is 0. The first-order chi connectivity index (χ1) is 13.0. The molecule has 142 valence electrons. The van der Waals surface area contributed by atoms with E-state index in [0.29, 0.717) is 18.8 Å². The van der Waals surface area contributed by atoms with E-state index in [4.69, 9.17) is 5.73 Å². The number of hydrogen-bond acceptors (Lipinski definition) is 5. The lowest BCUT2D eigenvalue weighted by Gasteiger charge is -2.42. The second-order valence-electron chi connectivity index (χ2n) is 7.66. The van der Waals surface area contributed by atoms with Crippen LogP contribution in [0.25, 0.3) is 0 Å². The van der Waals surface area contributed by atoms with Crippen molar-refractivity contribution in [2.45, 2.75) is 43.7 Å². The van der Waals surface area contributed by atoms with Crippen molar-refractivity contribution in [3.8, 4) is 0 Å². The summed E-state index contributed by atoms with van der Waals surface area (Å²) in [6.45, 7) is 1.84. The average Bonchev–Trinajstić information content (AvgIpc) is 2.68. The minimum atomic E-state index is -0.466. The maximum atomic E-state index is 11.2. The summed E-state index contributed by atoms with van der Waals surface area (Å²) in [6, 6.07) is 13.7. The third-order valence-corrected chi connectivity index (χ3v) is 6.18. The number of nitrogens with two attached hydrogens (primary N) is 1. The Morgan fingerprint density at radius 2 is 1.78 bits per heavy atom. The Bertz CT molecular complexity index is 832. The Morgan fingerprint density at radius 1 is 1.07 bits per heavy atom. The van der Waals surface area contributed by atoms with E-state index in [9.17, 15) is 15.2 Å². The minimum Gasteiger partial charge on any atom is -0.393 e. The van der Waals surface area contributed by atoms with Gasteiger partial charge in [-0.05, 0) is 55.0 Å². The Hall–Kier alpha value is -2.44. The molecular formula is C21H25N3O3. The maximum absolute atomic E-state index is 11.2. The van der Waals surface area contributed by atoms with Crippen molar-refractivity contribution in [2.75, 3.05) is 18.8 Å². The number of likely N-dealkylation sites (tertiary alicyclic amines) is 1. The first-order valence-electron chi connectivity index (χ1n) is 9.56. The van der Waals surface area contributed by atoms with Crippen molar-refractivity contribution in [1.82, 2.24) is 4.90 Å². The van der Waals surface area contributed by atoms with Crippen LogP contribution in [0.15, 0.2) is 42.5 Å². The molecule has 2 aliphatic rings. The molecular weight excluding hydrogens is 342 g/mol. The molecule has 0 saturated carbocycles.